The summed E-state index contributed by atoms with van der Waals surface area (Å²) in [5.74, 6) is -0.635. The highest BCUT2D eigenvalue weighted by Crippen LogP contribution is 2.19. The van der Waals surface area contributed by atoms with Gasteiger partial charge in [-0.3, -0.25) is 9.59 Å². The van der Waals surface area contributed by atoms with Crippen molar-refractivity contribution < 1.29 is 9.59 Å². The zero-order valence-electron chi connectivity index (χ0n) is 14.7. The van der Waals surface area contributed by atoms with Gasteiger partial charge in [-0.05, 0) is 49.1 Å². The molecule has 4 heteroatoms. The van der Waals surface area contributed by atoms with Gasteiger partial charge in [0.25, 0.3) is 0 Å². The van der Waals surface area contributed by atoms with Gasteiger partial charge in [0.05, 0.1) is 0 Å². The minimum absolute atomic E-state index is 0.371. The van der Waals surface area contributed by atoms with Crippen molar-refractivity contribution in [1.29, 1.82) is 0 Å². The van der Waals surface area contributed by atoms with E-state index in [1.165, 1.54) is 24.0 Å². The maximum absolute atomic E-state index is 11.8. The molecule has 0 aromatic heterocycles. The van der Waals surface area contributed by atoms with Crippen LogP contribution in [0.1, 0.15) is 63.0 Å². The third-order valence-corrected chi connectivity index (χ3v) is 4.42. The fourth-order valence-corrected chi connectivity index (χ4v) is 2.83. The monoisotopic (exact) mass is 328 g/mol. The quantitative estimate of drug-likeness (QED) is 0.621. The van der Waals surface area contributed by atoms with E-state index in [4.69, 9.17) is 0 Å². The standard InChI is InChI=1S/C20H28N2O2/c1-15(2)18-10-8-17(9-11-18)14-22-20(24)19(23)21-13-12-16-6-4-3-5-7-16/h6,8-11,15H,3-5,7,12-14H2,1-2H3,(H,21,23)(H,22,24). The summed E-state index contributed by atoms with van der Waals surface area (Å²) in [5, 5.41) is 5.37. The second-order valence-corrected chi connectivity index (χ2v) is 6.69. The van der Waals surface area contributed by atoms with Crippen LogP contribution in [-0.2, 0) is 16.1 Å². The molecule has 0 atom stereocenters. The molecule has 4 nitrogen and oxygen atoms in total. The number of carbonyl (C=O) groups excluding carboxylic acids is 2. The molecule has 0 radical (unpaired) electrons. The van der Waals surface area contributed by atoms with Gasteiger partial charge in [-0.2, -0.15) is 0 Å². The molecule has 0 saturated heterocycles. The SMILES string of the molecule is CC(C)c1ccc(CNC(=O)C(=O)NCCC2=CCCCC2)cc1. The van der Waals surface area contributed by atoms with E-state index in [1.54, 1.807) is 0 Å². The number of benzene rings is 1. The summed E-state index contributed by atoms with van der Waals surface area (Å²) in [6, 6.07) is 8.10. The van der Waals surface area contributed by atoms with Gasteiger partial charge in [0.15, 0.2) is 0 Å². The molecule has 0 heterocycles. The molecule has 2 amide bonds. The van der Waals surface area contributed by atoms with Gasteiger partial charge in [-0.25, -0.2) is 0 Å². The first kappa shape index (κ1) is 18.2. The maximum Gasteiger partial charge on any atom is 0.309 e. The Hall–Kier alpha value is -2.10. The predicted molar refractivity (Wildman–Crippen MR) is 96.6 cm³/mol. The second kappa shape index (κ2) is 9.26. The van der Waals surface area contributed by atoms with Crippen molar-refractivity contribution in [2.24, 2.45) is 0 Å². The first-order valence-electron chi connectivity index (χ1n) is 8.89. The van der Waals surface area contributed by atoms with Crippen molar-refractivity contribution >= 4 is 11.8 Å². The van der Waals surface area contributed by atoms with Gasteiger partial charge in [-0.15, -0.1) is 0 Å². The van der Waals surface area contributed by atoms with Crippen molar-refractivity contribution in [1.82, 2.24) is 10.6 Å². The number of nitrogens with one attached hydrogen (secondary N) is 2. The molecule has 0 saturated carbocycles. The maximum atomic E-state index is 11.8. The van der Waals surface area contributed by atoms with Crippen LogP contribution >= 0.6 is 0 Å². The molecule has 2 N–H and O–H groups in total. The molecule has 1 aliphatic carbocycles. The van der Waals surface area contributed by atoms with E-state index < -0.39 is 11.8 Å². The molecule has 0 spiro atoms. The van der Waals surface area contributed by atoms with Gasteiger partial charge in [0.1, 0.15) is 0 Å². The highest BCUT2D eigenvalue weighted by molar-refractivity contribution is 6.35. The molecule has 0 bridgehead atoms. The highest BCUT2D eigenvalue weighted by atomic mass is 16.2. The average Bonchev–Trinajstić information content (AvgIpc) is 2.60. The summed E-state index contributed by atoms with van der Waals surface area (Å²) in [7, 11) is 0. The van der Waals surface area contributed by atoms with Gasteiger partial charge in [0.2, 0.25) is 0 Å². The summed E-state index contributed by atoms with van der Waals surface area (Å²) < 4.78 is 0. The Morgan fingerprint density at radius 3 is 2.38 bits per heavy atom. The summed E-state index contributed by atoms with van der Waals surface area (Å²) in [5.41, 5.74) is 3.65. The highest BCUT2D eigenvalue weighted by Gasteiger charge is 2.13. The topological polar surface area (TPSA) is 58.2 Å². The summed E-state index contributed by atoms with van der Waals surface area (Å²) in [6.45, 7) is 5.19. The van der Waals surface area contributed by atoms with Gasteiger partial charge in [-0.1, -0.05) is 49.8 Å². The molecule has 2 rings (SSSR count). The lowest BCUT2D eigenvalue weighted by atomic mass is 9.97. The lowest BCUT2D eigenvalue weighted by Crippen LogP contribution is -2.40. The van der Waals surface area contributed by atoms with Crippen LogP contribution in [0.3, 0.4) is 0 Å². The van der Waals surface area contributed by atoms with Crippen LogP contribution in [0.5, 0.6) is 0 Å². The van der Waals surface area contributed by atoms with Gasteiger partial charge >= 0.3 is 11.8 Å². The Labute approximate surface area is 144 Å². The van der Waals surface area contributed by atoms with Crippen molar-refractivity contribution in [3.05, 3.63) is 47.0 Å². The second-order valence-electron chi connectivity index (χ2n) is 6.69. The zero-order chi connectivity index (χ0) is 17.4. The molecule has 1 aromatic carbocycles. The van der Waals surface area contributed by atoms with Crippen molar-refractivity contribution in [2.45, 2.75) is 58.4 Å². The van der Waals surface area contributed by atoms with Crippen LogP contribution in [0.4, 0.5) is 0 Å². The number of amides is 2. The molecular weight excluding hydrogens is 300 g/mol. The first-order valence-corrected chi connectivity index (χ1v) is 8.89. The number of allylic oxidation sites excluding steroid dienone is 1. The van der Waals surface area contributed by atoms with E-state index >= 15 is 0 Å². The van der Waals surface area contributed by atoms with E-state index in [2.05, 4.69) is 42.7 Å². The Bertz CT molecular complexity index is 588. The molecule has 130 valence electrons. The van der Waals surface area contributed by atoms with Gasteiger partial charge in [0, 0.05) is 13.1 Å². The van der Waals surface area contributed by atoms with Crippen molar-refractivity contribution in [3.8, 4) is 0 Å². The van der Waals surface area contributed by atoms with Crippen LogP contribution in [0.2, 0.25) is 0 Å². The number of hydrogen-bond acceptors (Lipinski definition) is 2. The third kappa shape index (κ3) is 5.84. The Balaban J connectivity index is 1.69. The molecule has 24 heavy (non-hydrogen) atoms. The van der Waals surface area contributed by atoms with Crippen LogP contribution in [0, 0.1) is 0 Å². The van der Waals surface area contributed by atoms with Crippen LogP contribution in [0.15, 0.2) is 35.9 Å². The average molecular weight is 328 g/mol. The molecule has 0 unspecified atom stereocenters. The molecule has 1 aromatic rings. The summed E-state index contributed by atoms with van der Waals surface area (Å²) >= 11 is 0. The zero-order valence-corrected chi connectivity index (χ0v) is 14.7. The number of carbonyl (C=O) groups is 2. The van der Waals surface area contributed by atoms with Crippen LogP contribution in [-0.4, -0.2) is 18.4 Å². The minimum atomic E-state index is -0.569. The smallest absolute Gasteiger partial charge is 0.309 e. The molecular formula is C20H28N2O2. The van der Waals surface area contributed by atoms with Crippen molar-refractivity contribution in [2.75, 3.05) is 6.54 Å². The van der Waals surface area contributed by atoms with Crippen LogP contribution < -0.4 is 10.6 Å². The predicted octanol–water partition coefficient (Wildman–Crippen LogP) is 3.43. The Morgan fingerprint density at radius 1 is 1.04 bits per heavy atom. The van der Waals surface area contributed by atoms with E-state index in [0.29, 0.717) is 19.0 Å². The lowest BCUT2D eigenvalue weighted by Gasteiger charge is -2.13. The van der Waals surface area contributed by atoms with E-state index in [0.717, 1.165) is 24.8 Å². The van der Waals surface area contributed by atoms with Crippen LogP contribution in [0.25, 0.3) is 0 Å². The largest absolute Gasteiger partial charge is 0.348 e. The number of rotatable bonds is 6. The summed E-state index contributed by atoms with van der Waals surface area (Å²) in [6.07, 6.45) is 7.85. The van der Waals surface area contributed by atoms with E-state index in [-0.39, 0.29) is 0 Å². The minimum Gasteiger partial charge on any atom is -0.348 e. The van der Waals surface area contributed by atoms with Crippen molar-refractivity contribution in [3.63, 3.8) is 0 Å². The fraction of sp³-hybridized carbons (Fsp3) is 0.500. The molecule has 0 fully saturated rings. The van der Waals surface area contributed by atoms with E-state index in [1.807, 2.05) is 12.1 Å². The molecule has 0 aliphatic heterocycles. The Morgan fingerprint density at radius 2 is 1.75 bits per heavy atom. The number of hydrogen-bond donors (Lipinski definition) is 2. The molecule has 1 aliphatic rings. The normalized spacial score (nSPS) is 14.2. The summed E-state index contributed by atoms with van der Waals surface area (Å²) in [4.78, 5) is 23.6. The van der Waals surface area contributed by atoms with E-state index in [9.17, 15) is 9.59 Å². The first-order chi connectivity index (χ1) is 11.6. The fourth-order valence-electron chi connectivity index (χ4n) is 2.83. The third-order valence-electron chi connectivity index (χ3n) is 4.42. The van der Waals surface area contributed by atoms with Gasteiger partial charge < -0.3 is 10.6 Å². The Kier molecular flexibility index (Phi) is 7.04. The lowest BCUT2D eigenvalue weighted by molar-refractivity contribution is -0.139.